The van der Waals surface area contributed by atoms with Gasteiger partial charge in [0.15, 0.2) is 6.61 Å². The van der Waals surface area contributed by atoms with Gasteiger partial charge in [-0.1, -0.05) is 43.3 Å². The molecule has 8 nitrogen and oxygen atoms in total. The van der Waals surface area contributed by atoms with Crippen molar-refractivity contribution in [1.29, 1.82) is 0 Å². The van der Waals surface area contributed by atoms with Crippen LogP contribution in [-0.2, 0) is 24.3 Å². The first-order valence-corrected chi connectivity index (χ1v) is 12.3. The largest absolute Gasteiger partial charge is 0.452 e. The third kappa shape index (κ3) is 6.63. The summed E-state index contributed by atoms with van der Waals surface area (Å²) in [5, 5.41) is 2.74. The second-order valence-electron chi connectivity index (χ2n) is 8.30. The van der Waals surface area contributed by atoms with Crippen LogP contribution in [0, 0.1) is 0 Å². The first-order valence-electron chi connectivity index (χ1n) is 10.9. The molecule has 1 N–H and O–H groups in total. The molecular weight excluding hydrogens is 444 g/mol. The Labute approximate surface area is 194 Å². The zero-order chi connectivity index (χ0) is 24.0. The van der Waals surface area contributed by atoms with Gasteiger partial charge in [0.25, 0.3) is 5.91 Å². The van der Waals surface area contributed by atoms with Gasteiger partial charge in [-0.3, -0.25) is 4.79 Å². The molecule has 9 heteroatoms. The minimum absolute atomic E-state index is 0.000567. The van der Waals surface area contributed by atoms with Gasteiger partial charge < -0.3 is 14.8 Å². The molecule has 3 unspecified atom stereocenters. The highest BCUT2D eigenvalue weighted by molar-refractivity contribution is 7.89. The molecule has 0 bridgehead atoms. The van der Waals surface area contributed by atoms with Crippen LogP contribution >= 0.6 is 0 Å². The van der Waals surface area contributed by atoms with Crippen LogP contribution < -0.4 is 5.32 Å². The lowest BCUT2D eigenvalue weighted by atomic mass is 10.0. The molecule has 0 aliphatic carbocycles. The van der Waals surface area contributed by atoms with Crippen molar-refractivity contribution in [2.75, 3.05) is 26.2 Å². The Hall–Kier alpha value is -2.75. The number of benzene rings is 2. The maximum atomic E-state index is 13.0. The third-order valence-electron chi connectivity index (χ3n) is 5.40. The smallest absolute Gasteiger partial charge is 0.338 e. The van der Waals surface area contributed by atoms with Crippen molar-refractivity contribution in [3.05, 3.63) is 65.7 Å². The minimum Gasteiger partial charge on any atom is -0.452 e. The number of esters is 1. The van der Waals surface area contributed by atoms with Crippen LogP contribution in [0.5, 0.6) is 0 Å². The number of hydrogen-bond acceptors (Lipinski definition) is 6. The van der Waals surface area contributed by atoms with E-state index >= 15 is 0 Å². The first kappa shape index (κ1) is 24.9. The maximum Gasteiger partial charge on any atom is 0.338 e. The molecule has 1 fully saturated rings. The van der Waals surface area contributed by atoms with Gasteiger partial charge in [0.2, 0.25) is 10.0 Å². The molecule has 3 rings (SSSR count). The molecule has 0 aromatic heterocycles. The fraction of sp³-hybridized carbons (Fsp3) is 0.417. The average Bonchev–Trinajstić information content (AvgIpc) is 2.81. The lowest BCUT2D eigenvalue weighted by molar-refractivity contribution is -0.124. The van der Waals surface area contributed by atoms with E-state index in [0.717, 1.165) is 5.56 Å². The average molecular weight is 475 g/mol. The van der Waals surface area contributed by atoms with E-state index in [1.165, 1.54) is 28.6 Å². The summed E-state index contributed by atoms with van der Waals surface area (Å²) in [5.74, 6) is -1.08. The number of nitrogens with zero attached hydrogens (tertiary/aromatic N) is 1. The van der Waals surface area contributed by atoms with E-state index in [9.17, 15) is 18.0 Å². The number of amides is 1. The predicted molar refractivity (Wildman–Crippen MR) is 123 cm³/mol. The predicted octanol–water partition coefficient (Wildman–Crippen LogP) is 2.56. The highest BCUT2D eigenvalue weighted by Gasteiger charge is 2.32. The Balaban J connectivity index is 1.56. The summed E-state index contributed by atoms with van der Waals surface area (Å²) < 4.78 is 38.1. The second-order valence-corrected chi connectivity index (χ2v) is 10.2. The van der Waals surface area contributed by atoms with Gasteiger partial charge in [-0.15, -0.1) is 0 Å². The zero-order valence-electron chi connectivity index (χ0n) is 19.1. The third-order valence-corrected chi connectivity index (χ3v) is 7.23. The van der Waals surface area contributed by atoms with E-state index < -0.39 is 28.5 Å². The molecule has 1 saturated heterocycles. The Morgan fingerprint density at radius 3 is 2.42 bits per heavy atom. The minimum atomic E-state index is -3.79. The summed E-state index contributed by atoms with van der Waals surface area (Å²) in [7, 11) is -3.79. The van der Waals surface area contributed by atoms with E-state index in [2.05, 4.69) is 5.32 Å². The van der Waals surface area contributed by atoms with E-state index in [-0.39, 0.29) is 41.7 Å². The number of carbonyl (C=O) groups is 2. The van der Waals surface area contributed by atoms with E-state index in [1.54, 1.807) is 0 Å². The molecule has 1 aliphatic heterocycles. The Morgan fingerprint density at radius 2 is 1.76 bits per heavy atom. The molecule has 1 amide bonds. The Morgan fingerprint density at radius 1 is 1.09 bits per heavy atom. The summed E-state index contributed by atoms with van der Waals surface area (Å²) in [6, 6.07) is 15.4. The van der Waals surface area contributed by atoms with Crippen LogP contribution in [-0.4, -0.2) is 63.0 Å². The van der Waals surface area contributed by atoms with Crippen LogP contribution in [0.25, 0.3) is 0 Å². The monoisotopic (exact) mass is 474 g/mol. The van der Waals surface area contributed by atoms with Crippen molar-refractivity contribution < 1.29 is 27.5 Å². The topological polar surface area (TPSA) is 102 Å². The van der Waals surface area contributed by atoms with E-state index in [1.807, 2.05) is 51.1 Å². The summed E-state index contributed by atoms with van der Waals surface area (Å²) in [4.78, 5) is 24.5. The second kappa shape index (κ2) is 10.9. The molecule has 1 aliphatic rings. The number of sulfonamides is 1. The molecule has 1 heterocycles. The molecule has 0 saturated carbocycles. The summed E-state index contributed by atoms with van der Waals surface area (Å²) in [6.07, 6.45) is -0.445. The van der Waals surface area contributed by atoms with Crippen molar-refractivity contribution >= 4 is 21.9 Å². The number of hydrogen-bond donors (Lipinski definition) is 1. The van der Waals surface area contributed by atoms with Gasteiger partial charge in [0, 0.05) is 19.6 Å². The SMILES string of the molecule is CC1CN(S(=O)(=O)c2cccc(C(=O)OCC(=O)NCC(C)c3ccccc3)c2)CC(C)O1. The van der Waals surface area contributed by atoms with Gasteiger partial charge >= 0.3 is 5.97 Å². The van der Waals surface area contributed by atoms with Gasteiger partial charge in [-0.25, -0.2) is 13.2 Å². The quantitative estimate of drug-likeness (QED) is 0.590. The lowest BCUT2D eigenvalue weighted by Crippen LogP contribution is -2.48. The van der Waals surface area contributed by atoms with Crippen LogP contribution in [0.15, 0.2) is 59.5 Å². The van der Waals surface area contributed by atoms with Crippen LogP contribution in [0.4, 0.5) is 0 Å². The molecule has 0 radical (unpaired) electrons. The molecule has 2 aromatic carbocycles. The standard InChI is InChI=1S/C24H30N2O6S/c1-17(20-8-5-4-6-9-20)13-25-23(27)16-31-24(28)21-10-7-11-22(12-21)33(29,30)26-14-18(2)32-19(3)15-26/h4-12,17-19H,13-16H2,1-3H3,(H,25,27). The number of morpholine rings is 1. The molecule has 3 atom stereocenters. The molecule has 33 heavy (non-hydrogen) atoms. The Bertz CT molecular complexity index is 1060. The number of nitrogens with one attached hydrogen (secondary N) is 1. The molecule has 178 valence electrons. The van der Waals surface area contributed by atoms with Crippen molar-refractivity contribution in [2.24, 2.45) is 0 Å². The van der Waals surface area contributed by atoms with Gasteiger partial charge in [0.1, 0.15) is 0 Å². The highest BCUT2D eigenvalue weighted by Crippen LogP contribution is 2.22. The lowest BCUT2D eigenvalue weighted by Gasteiger charge is -2.34. The summed E-state index contributed by atoms with van der Waals surface area (Å²) in [5.41, 5.74) is 1.16. The van der Waals surface area contributed by atoms with Crippen LogP contribution in [0.2, 0.25) is 0 Å². The van der Waals surface area contributed by atoms with Crippen molar-refractivity contribution in [3.8, 4) is 0 Å². The normalized spacial score (nSPS) is 20.1. The molecule has 2 aromatic rings. The number of ether oxygens (including phenoxy) is 2. The van der Waals surface area contributed by atoms with Crippen LogP contribution in [0.3, 0.4) is 0 Å². The summed E-state index contributed by atoms with van der Waals surface area (Å²) >= 11 is 0. The highest BCUT2D eigenvalue weighted by atomic mass is 32.2. The van der Waals surface area contributed by atoms with Crippen molar-refractivity contribution in [1.82, 2.24) is 9.62 Å². The number of carbonyl (C=O) groups excluding carboxylic acids is 2. The zero-order valence-corrected chi connectivity index (χ0v) is 19.9. The van der Waals surface area contributed by atoms with Gasteiger partial charge in [-0.2, -0.15) is 4.31 Å². The summed E-state index contributed by atoms with van der Waals surface area (Å²) in [6.45, 7) is 6.06. The Kier molecular flexibility index (Phi) is 8.23. The van der Waals surface area contributed by atoms with Crippen molar-refractivity contribution in [2.45, 2.75) is 43.8 Å². The van der Waals surface area contributed by atoms with E-state index in [4.69, 9.17) is 9.47 Å². The van der Waals surface area contributed by atoms with Crippen molar-refractivity contribution in [3.63, 3.8) is 0 Å². The van der Waals surface area contributed by atoms with Crippen LogP contribution in [0.1, 0.15) is 42.6 Å². The maximum absolute atomic E-state index is 13.0. The van der Waals surface area contributed by atoms with Gasteiger partial charge in [0.05, 0.1) is 22.7 Å². The molecule has 0 spiro atoms. The first-order chi connectivity index (χ1) is 15.7. The number of rotatable bonds is 8. The molecular formula is C24H30N2O6S. The fourth-order valence-electron chi connectivity index (χ4n) is 3.69. The van der Waals surface area contributed by atoms with Gasteiger partial charge in [-0.05, 0) is 43.5 Å². The fourth-order valence-corrected chi connectivity index (χ4v) is 5.33. The van der Waals surface area contributed by atoms with E-state index in [0.29, 0.717) is 6.54 Å².